The monoisotopic (exact) mass is 439 g/mol. The van der Waals surface area contributed by atoms with Gasteiger partial charge in [-0.3, -0.25) is 0 Å². The zero-order chi connectivity index (χ0) is 16.8. The molecule has 0 aliphatic carbocycles. The molecule has 0 saturated heterocycles. The Balaban J connectivity index is 2.53. The van der Waals surface area contributed by atoms with Gasteiger partial charge in [-0.05, 0) is 59.4 Å². The molecular formula is C18H15ClINO2. The van der Waals surface area contributed by atoms with Gasteiger partial charge in [-0.15, -0.1) is 0 Å². The van der Waals surface area contributed by atoms with Gasteiger partial charge >= 0.3 is 0 Å². The third-order valence-electron chi connectivity index (χ3n) is 3.13. The molecule has 0 bridgehead atoms. The van der Waals surface area contributed by atoms with Crippen LogP contribution in [-0.4, -0.2) is 13.7 Å². The summed E-state index contributed by atoms with van der Waals surface area (Å²) in [6.45, 7) is 2.45. The second-order valence-corrected chi connectivity index (χ2v) is 6.19. The molecule has 0 aromatic heterocycles. The summed E-state index contributed by atoms with van der Waals surface area (Å²) in [5.41, 5.74) is 2.06. The van der Waals surface area contributed by atoms with E-state index in [9.17, 15) is 5.26 Å². The van der Waals surface area contributed by atoms with Gasteiger partial charge in [-0.2, -0.15) is 5.26 Å². The highest BCUT2D eigenvalue weighted by Crippen LogP contribution is 2.35. The molecule has 0 aliphatic heterocycles. The van der Waals surface area contributed by atoms with E-state index in [1.807, 2.05) is 37.3 Å². The Kier molecular flexibility index (Phi) is 6.31. The maximum Gasteiger partial charge on any atom is 0.174 e. The summed E-state index contributed by atoms with van der Waals surface area (Å²) in [5, 5.41) is 10.0. The SMILES string of the molecule is CCOc1cc(C=C(C#N)c2ccccc2Cl)cc(I)c1OC. The summed E-state index contributed by atoms with van der Waals surface area (Å²) in [6.07, 6.45) is 1.80. The molecule has 0 aliphatic rings. The van der Waals surface area contributed by atoms with E-state index in [2.05, 4.69) is 28.7 Å². The first-order chi connectivity index (χ1) is 11.1. The van der Waals surface area contributed by atoms with E-state index in [1.54, 1.807) is 19.3 Å². The van der Waals surface area contributed by atoms with Gasteiger partial charge in [-0.25, -0.2) is 0 Å². The lowest BCUT2D eigenvalue weighted by atomic mass is 10.0. The Morgan fingerprint density at radius 3 is 2.70 bits per heavy atom. The van der Waals surface area contributed by atoms with E-state index in [-0.39, 0.29) is 0 Å². The van der Waals surface area contributed by atoms with Crippen molar-refractivity contribution in [3.63, 3.8) is 0 Å². The largest absolute Gasteiger partial charge is 0.492 e. The minimum absolute atomic E-state index is 0.499. The van der Waals surface area contributed by atoms with Crippen LogP contribution < -0.4 is 9.47 Å². The van der Waals surface area contributed by atoms with Crippen LogP contribution in [0.5, 0.6) is 11.5 Å². The van der Waals surface area contributed by atoms with E-state index < -0.39 is 0 Å². The second kappa shape index (κ2) is 8.23. The van der Waals surface area contributed by atoms with Crippen LogP contribution in [-0.2, 0) is 0 Å². The average molecular weight is 440 g/mol. The van der Waals surface area contributed by atoms with E-state index in [4.69, 9.17) is 21.1 Å². The second-order valence-electron chi connectivity index (χ2n) is 4.62. The minimum atomic E-state index is 0.499. The number of nitrogens with zero attached hydrogens (tertiary/aromatic N) is 1. The fourth-order valence-corrected chi connectivity index (χ4v) is 3.23. The molecule has 0 radical (unpaired) electrons. The zero-order valence-electron chi connectivity index (χ0n) is 12.8. The average Bonchev–Trinajstić information content (AvgIpc) is 2.53. The molecule has 0 fully saturated rings. The number of hydrogen-bond acceptors (Lipinski definition) is 3. The Morgan fingerprint density at radius 2 is 2.09 bits per heavy atom. The van der Waals surface area contributed by atoms with Gasteiger partial charge in [0.15, 0.2) is 11.5 Å². The summed E-state index contributed by atoms with van der Waals surface area (Å²) in [6, 6.07) is 13.3. The van der Waals surface area contributed by atoms with Crippen LogP contribution in [0.15, 0.2) is 36.4 Å². The number of halogens is 2. The molecule has 2 aromatic carbocycles. The van der Waals surface area contributed by atoms with Gasteiger partial charge < -0.3 is 9.47 Å². The molecule has 3 nitrogen and oxygen atoms in total. The lowest BCUT2D eigenvalue weighted by Gasteiger charge is -2.12. The van der Waals surface area contributed by atoms with Crippen molar-refractivity contribution in [2.45, 2.75) is 6.92 Å². The van der Waals surface area contributed by atoms with E-state index in [0.29, 0.717) is 34.3 Å². The molecule has 5 heteroatoms. The molecule has 0 amide bonds. The highest BCUT2D eigenvalue weighted by molar-refractivity contribution is 14.1. The molecule has 0 saturated carbocycles. The summed E-state index contributed by atoms with van der Waals surface area (Å²) < 4.78 is 11.9. The number of benzene rings is 2. The molecule has 0 unspecified atom stereocenters. The number of hydrogen-bond donors (Lipinski definition) is 0. The van der Waals surface area contributed by atoms with Crippen molar-refractivity contribution in [2.75, 3.05) is 13.7 Å². The lowest BCUT2D eigenvalue weighted by Crippen LogP contribution is -1.98. The topological polar surface area (TPSA) is 42.2 Å². The number of allylic oxidation sites excluding steroid dienone is 1. The van der Waals surface area contributed by atoms with E-state index in [1.165, 1.54) is 0 Å². The predicted molar refractivity (Wildman–Crippen MR) is 102 cm³/mol. The van der Waals surface area contributed by atoms with Crippen LogP contribution in [0.2, 0.25) is 5.02 Å². The molecule has 2 rings (SSSR count). The van der Waals surface area contributed by atoms with Crippen molar-refractivity contribution in [1.29, 1.82) is 5.26 Å². The maximum absolute atomic E-state index is 9.47. The van der Waals surface area contributed by atoms with Gasteiger partial charge in [0, 0.05) is 10.6 Å². The molecule has 2 aromatic rings. The maximum atomic E-state index is 9.47. The first-order valence-electron chi connectivity index (χ1n) is 6.97. The van der Waals surface area contributed by atoms with Gasteiger partial charge in [0.2, 0.25) is 0 Å². The van der Waals surface area contributed by atoms with Crippen LogP contribution in [0, 0.1) is 14.9 Å². The van der Waals surface area contributed by atoms with Crippen LogP contribution in [0.3, 0.4) is 0 Å². The first kappa shape index (κ1) is 17.6. The quantitative estimate of drug-likeness (QED) is 0.355. The predicted octanol–water partition coefficient (Wildman–Crippen LogP) is 5.42. The first-order valence-corrected chi connectivity index (χ1v) is 8.43. The molecule has 0 spiro atoms. The van der Waals surface area contributed by atoms with Crippen molar-refractivity contribution >= 4 is 45.8 Å². The standard InChI is InChI=1S/C18H15ClINO2/c1-3-23-17-10-12(9-16(20)18(17)22-2)8-13(11-21)14-6-4-5-7-15(14)19/h4-10H,3H2,1-2H3. The van der Waals surface area contributed by atoms with Crippen LogP contribution >= 0.6 is 34.2 Å². The van der Waals surface area contributed by atoms with Gasteiger partial charge in [-0.1, -0.05) is 29.8 Å². The zero-order valence-corrected chi connectivity index (χ0v) is 15.7. The fourth-order valence-electron chi connectivity index (χ4n) is 2.15. The van der Waals surface area contributed by atoms with Crippen molar-refractivity contribution in [2.24, 2.45) is 0 Å². The van der Waals surface area contributed by atoms with Crippen LogP contribution in [0.1, 0.15) is 18.1 Å². The number of methoxy groups -OCH3 is 1. The van der Waals surface area contributed by atoms with Crippen molar-refractivity contribution in [3.8, 4) is 17.6 Å². The van der Waals surface area contributed by atoms with Gasteiger partial charge in [0.05, 0.1) is 28.9 Å². The van der Waals surface area contributed by atoms with E-state index >= 15 is 0 Å². The number of ether oxygens (including phenoxy) is 2. The molecule has 0 atom stereocenters. The van der Waals surface area contributed by atoms with Crippen molar-refractivity contribution < 1.29 is 9.47 Å². The molecule has 0 heterocycles. The van der Waals surface area contributed by atoms with E-state index in [0.717, 1.165) is 9.13 Å². The summed E-state index contributed by atoms with van der Waals surface area (Å²) in [4.78, 5) is 0. The Labute approximate surface area is 154 Å². The fraction of sp³-hybridized carbons (Fsp3) is 0.167. The third-order valence-corrected chi connectivity index (χ3v) is 4.26. The summed E-state index contributed by atoms with van der Waals surface area (Å²) in [5.74, 6) is 1.35. The highest BCUT2D eigenvalue weighted by atomic mass is 127. The Bertz CT molecular complexity index is 781. The molecule has 0 N–H and O–H groups in total. The van der Waals surface area contributed by atoms with Crippen LogP contribution in [0.25, 0.3) is 11.6 Å². The highest BCUT2D eigenvalue weighted by Gasteiger charge is 2.12. The minimum Gasteiger partial charge on any atom is -0.492 e. The van der Waals surface area contributed by atoms with Crippen molar-refractivity contribution in [1.82, 2.24) is 0 Å². The van der Waals surface area contributed by atoms with Crippen molar-refractivity contribution in [3.05, 3.63) is 56.1 Å². The summed E-state index contributed by atoms with van der Waals surface area (Å²) >= 11 is 8.37. The smallest absolute Gasteiger partial charge is 0.174 e. The third kappa shape index (κ3) is 4.18. The Hall–Kier alpha value is -1.71. The van der Waals surface area contributed by atoms with Crippen LogP contribution in [0.4, 0.5) is 0 Å². The summed E-state index contributed by atoms with van der Waals surface area (Å²) in [7, 11) is 1.61. The van der Waals surface area contributed by atoms with Gasteiger partial charge in [0.1, 0.15) is 0 Å². The lowest BCUT2D eigenvalue weighted by molar-refractivity contribution is 0.309. The number of nitriles is 1. The normalized spacial score (nSPS) is 11.0. The molecule has 23 heavy (non-hydrogen) atoms. The van der Waals surface area contributed by atoms with Gasteiger partial charge in [0.25, 0.3) is 0 Å². The Morgan fingerprint density at radius 1 is 1.35 bits per heavy atom. The number of rotatable bonds is 5. The molecule has 118 valence electrons. The molecular weight excluding hydrogens is 425 g/mol.